The largest absolute Gasteiger partial charge is 0.489 e. The van der Waals surface area contributed by atoms with E-state index in [1.807, 2.05) is 55.5 Å². The Bertz CT molecular complexity index is 1200. The molecule has 0 radical (unpaired) electrons. The highest BCUT2D eigenvalue weighted by Gasteiger charge is 2.21. The van der Waals surface area contributed by atoms with Crippen molar-refractivity contribution >= 4 is 27.5 Å². The van der Waals surface area contributed by atoms with E-state index in [-0.39, 0.29) is 18.2 Å². The van der Waals surface area contributed by atoms with E-state index in [2.05, 4.69) is 31.5 Å². The summed E-state index contributed by atoms with van der Waals surface area (Å²) < 4.78 is 13.9. The third kappa shape index (κ3) is 5.21. The number of nitrogens with zero attached hydrogens (tertiary/aromatic N) is 3. The molecule has 0 aliphatic carbocycles. The van der Waals surface area contributed by atoms with Gasteiger partial charge < -0.3 is 14.6 Å². The van der Waals surface area contributed by atoms with Gasteiger partial charge in [-0.05, 0) is 49.2 Å². The molecule has 4 rings (SSSR count). The fourth-order valence-corrected chi connectivity index (χ4v) is 3.35. The van der Waals surface area contributed by atoms with Crippen LogP contribution in [0.3, 0.4) is 0 Å². The number of hydrogen-bond donors (Lipinski definition) is 1. The van der Waals surface area contributed by atoms with E-state index in [0.717, 1.165) is 21.3 Å². The quantitative estimate of drug-likeness (QED) is 0.396. The van der Waals surface area contributed by atoms with Gasteiger partial charge in [0.25, 0.3) is 5.91 Å². The van der Waals surface area contributed by atoms with Crippen LogP contribution in [0.25, 0.3) is 0 Å². The van der Waals surface area contributed by atoms with Gasteiger partial charge in [0.2, 0.25) is 0 Å². The van der Waals surface area contributed by atoms with Gasteiger partial charge in [0.15, 0.2) is 5.69 Å². The molecule has 8 heteroatoms. The summed E-state index contributed by atoms with van der Waals surface area (Å²) in [6.07, 6.45) is 3.38. The molecule has 0 aliphatic rings. The summed E-state index contributed by atoms with van der Waals surface area (Å²) in [5, 5.41) is 11.1. The average Bonchev–Trinajstić information content (AvgIpc) is 3.34. The Hall–Kier alpha value is -3.39. The molecule has 0 saturated carbocycles. The molecule has 0 saturated heterocycles. The Labute approximate surface area is 188 Å². The minimum absolute atomic E-state index is 0.185. The zero-order valence-electron chi connectivity index (χ0n) is 17.1. The molecule has 158 valence electrons. The van der Waals surface area contributed by atoms with Gasteiger partial charge in [-0.3, -0.25) is 9.48 Å². The lowest BCUT2D eigenvalue weighted by atomic mass is 10.2. The molecule has 1 amide bonds. The zero-order chi connectivity index (χ0) is 21.8. The highest BCUT2D eigenvalue weighted by molar-refractivity contribution is 9.10. The molecule has 0 aliphatic heterocycles. The Morgan fingerprint density at radius 3 is 2.77 bits per heavy atom. The van der Waals surface area contributed by atoms with Crippen LogP contribution in [0.1, 0.15) is 32.9 Å². The molecule has 4 aromatic rings. The summed E-state index contributed by atoms with van der Waals surface area (Å²) in [5.41, 5.74) is 3.59. The number of rotatable bonds is 7. The summed E-state index contributed by atoms with van der Waals surface area (Å²) in [6.45, 7) is 4.54. The van der Waals surface area contributed by atoms with Crippen molar-refractivity contribution < 1.29 is 14.1 Å². The first-order chi connectivity index (χ1) is 15.0. The molecule has 31 heavy (non-hydrogen) atoms. The van der Waals surface area contributed by atoms with Crippen molar-refractivity contribution in [3.05, 3.63) is 93.5 Å². The number of nitrogens with one attached hydrogen (secondary N) is 1. The van der Waals surface area contributed by atoms with Crippen LogP contribution in [0.15, 0.2) is 69.9 Å². The second-order valence-corrected chi connectivity index (χ2v) is 8.09. The zero-order valence-corrected chi connectivity index (χ0v) is 18.7. The summed E-state index contributed by atoms with van der Waals surface area (Å²) in [7, 11) is 0. The minimum atomic E-state index is -0.372. The van der Waals surface area contributed by atoms with Crippen molar-refractivity contribution in [1.29, 1.82) is 0 Å². The molecule has 0 bridgehead atoms. The first-order valence-electron chi connectivity index (χ1n) is 9.71. The van der Waals surface area contributed by atoms with Gasteiger partial charge in [-0.1, -0.05) is 45.4 Å². The maximum atomic E-state index is 12.8. The van der Waals surface area contributed by atoms with Crippen LogP contribution in [0, 0.1) is 13.8 Å². The smallest absolute Gasteiger partial charge is 0.278 e. The number of benzene rings is 2. The maximum absolute atomic E-state index is 12.8. The van der Waals surface area contributed by atoms with E-state index in [1.165, 1.54) is 0 Å². The lowest BCUT2D eigenvalue weighted by Crippen LogP contribution is -2.15. The first-order valence-corrected chi connectivity index (χ1v) is 10.5. The van der Waals surface area contributed by atoms with Gasteiger partial charge in [-0.2, -0.15) is 5.10 Å². The van der Waals surface area contributed by atoms with E-state index in [9.17, 15) is 4.79 Å². The van der Waals surface area contributed by atoms with Crippen molar-refractivity contribution in [2.45, 2.75) is 27.0 Å². The summed E-state index contributed by atoms with van der Waals surface area (Å²) in [4.78, 5) is 12.8. The van der Waals surface area contributed by atoms with E-state index < -0.39 is 0 Å². The van der Waals surface area contributed by atoms with Gasteiger partial charge in [0.1, 0.15) is 18.1 Å². The highest BCUT2D eigenvalue weighted by Crippen LogP contribution is 2.20. The van der Waals surface area contributed by atoms with E-state index in [0.29, 0.717) is 23.6 Å². The molecule has 0 unspecified atom stereocenters. The molecular weight excluding hydrogens is 460 g/mol. The third-order valence-corrected chi connectivity index (χ3v) is 5.25. The molecule has 2 heterocycles. The molecule has 2 aromatic carbocycles. The van der Waals surface area contributed by atoms with Gasteiger partial charge in [-0.25, -0.2) is 0 Å². The fraction of sp³-hybridized carbons (Fsp3) is 0.174. The van der Waals surface area contributed by atoms with Crippen molar-refractivity contribution in [2.75, 3.05) is 5.32 Å². The predicted molar refractivity (Wildman–Crippen MR) is 120 cm³/mol. The van der Waals surface area contributed by atoms with E-state index >= 15 is 0 Å². The normalized spacial score (nSPS) is 10.8. The monoisotopic (exact) mass is 480 g/mol. The summed E-state index contributed by atoms with van der Waals surface area (Å²) in [5.74, 6) is 0.896. The number of amides is 1. The predicted octanol–water partition coefficient (Wildman–Crippen LogP) is 5.13. The lowest BCUT2D eigenvalue weighted by Gasteiger charge is -2.07. The number of carbonyl (C=O) groups excluding carboxylic acids is 1. The second kappa shape index (κ2) is 9.18. The van der Waals surface area contributed by atoms with Crippen LogP contribution in [0.4, 0.5) is 5.69 Å². The van der Waals surface area contributed by atoms with E-state index in [4.69, 9.17) is 9.26 Å². The Kier molecular flexibility index (Phi) is 6.18. The number of aromatic nitrogens is 3. The van der Waals surface area contributed by atoms with Crippen molar-refractivity contribution in [1.82, 2.24) is 14.9 Å². The number of halogens is 1. The number of anilines is 1. The molecule has 7 nitrogen and oxygen atoms in total. The minimum Gasteiger partial charge on any atom is -0.489 e. The average molecular weight is 481 g/mol. The van der Waals surface area contributed by atoms with Crippen molar-refractivity contribution in [3.63, 3.8) is 0 Å². The van der Waals surface area contributed by atoms with Gasteiger partial charge in [0.05, 0.1) is 24.0 Å². The van der Waals surface area contributed by atoms with Crippen LogP contribution in [-0.2, 0) is 13.2 Å². The first kappa shape index (κ1) is 20.9. The molecule has 1 N–H and O–H groups in total. The van der Waals surface area contributed by atoms with Gasteiger partial charge in [-0.15, -0.1) is 0 Å². The number of carbonyl (C=O) groups is 1. The second-order valence-electron chi connectivity index (χ2n) is 7.18. The Morgan fingerprint density at radius 2 is 2.00 bits per heavy atom. The standard InChI is InChI=1S/C23H21BrN4O3/c1-15-4-3-5-20(10-15)30-14-21-16(2)31-27-22(21)23(29)26-19-11-25-28(13-19)12-17-6-8-18(24)9-7-17/h3-11,13H,12,14H2,1-2H3,(H,26,29). The topological polar surface area (TPSA) is 82.2 Å². The third-order valence-electron chi connectivity index (χ3n) is 4.72. The Morgan fingerprint density at radius 1 is 1.19 bits per heavy atom. The molecular formula is C23H21BrN4O3. The summed E-state index contributed by atoms with van der Waals surface area (Å²) >= 11 is 3.43. The number of ether oxygens (including phenoxy) is 1. The molecule has 0 spiro atoms. The SMILES string of the molecule is Cc1cccc(OCc2c(C(=O)Nc3cnn(Cc4ccc(Br)cc4)c3)noc2C)c1. The number of hydrogen-bond acceptors (Lipinski definition) is 5. The summed E-state index contributed by atoms with van der Waals surface area (Å²) in [6, 6.07) is 15.7. The molecule has 0 fully saturated rings. The lowest BCUT2D eigenvalue weighted by molar-refractivity contribution is 0.101. The van der Waals surface area contributed by atoms with Crippen LogP contribution in [0.5, 0.6) is 5.75 Å². The van der Waals surface area contributed by atoms with Crippen LogP contribution in [-0.4, -0.2) is 20.8 Å². The van der Waals surface area contributed by atoms with Crippen molar-refractivity contribution in [3.8, 4) is 5.75 Å². The maximum Gasteiger partial charge on any atom is 0.278 e. The van der Waals surface area contributed by atoms with Crippen LogP contribution >= 0.6 is 15.9 Å². The van der Waals surface area contributed by atoms with Gasteiger partial charge >= 0.3 is 0 Å². The van der Waals surface area contributed by atoms with Crippen LogP contribution in [0.2, 0.25) is 0 Å². The van der Waals surface area contributed by atoms with E-state index in [1.54, 1.807) is 24.0 Å². The number of aryl methyl sites for hydroxylation is 2. The molecule has 2 aromatic heterocycles. The Balaban J connectivity index is 1.42. The fourth-order valence-electron chi connectivity index (χ4n) is 3.08. The van der Waals surface area contributed by atoms with Crippen LogP contribution < -0.4 is 10.1 Å². The van der Waals surface area contributed by atoms with Crippen molar-refractivity contribution in [2.24, 2.45) is 0 Å². The van der Waals surface area contributed by atoms with Gasteiger partial charge in [0, 0.05) is 10.7 Å². The highest BCUT2D eigenvalue weighted by atomic mass is 79.9. The molecule has 0 atom stereocenters.